The molecule has 1 saturated carbocycles. The van der Waals surface area contributed by atoms with Crippen LogP contribution in [0.4, 0.5) is 0 Å². The van der Waals surface area contributed by atoms with E-state index in [9.17, 15) is 10.2 Å². The zero-order chi connectivity index (χ0) is 32.1. The molecular formula is C24H28CuErN5O13. The molecule has 2 atom stereocenters. The van der Waals surface area contributed by atoms with Crippen LogP contribution in [0.15, 0.2) is 46.4 Å². The summed E-state index contributed by atoms with van der Waals surface area (Å²) in [4.78, 5) is 34.1. The molecule has 1 aliphatic carbocycles. The molecule has 20 heteroatoms. The maximum Gasteiger partial charge on any atom is 3.00 e. The predicted octanol–water partition coefficient (Wildman–Crippen LogP) is 2.76. The zero-order valence-corrected chi connectivity index (χ0v) is 25.9. The van der Waals surface area contributed by atoms with E-state index in [0.29, 0.717) is 35.8 Å². The van der Waals surface area contributed by atoms with E-state index in [-0.39, 0.29) is 78.0 Å². The van der Waals surface area contributed by atoms with Crippen molar-refractivity contribution in [3.8, 4) is 23.0 Å². The molecule has 2 aromatic carbocycles. The summed E-state index contributed by atoms with van der Waals surface area (Å²) in [6.07, 6.45) is 7.23. The number of hydrogen-bond acceptors (Lipinski definition) is 15. The monoisotopic (exact) mass is 823 g/mol. The van der Waals surface area contributed by atoms with Crippen molar-refractivity contribution >= 4 is 12.4 Å². The molecule has 0 amide bonds. The fourth-order valence-corrected chi connectivity index (χ4v) is 3.60. The van der Waals surface area contributed by atoms with Gasteiger partial charge in [-0.05, 0) is 49.9 Å². The van der Waals surface area contributed by atoms with Gasteiger partial charge in [-0.3, -0.25) is 9.98 Å². The average molecular weight is 825 g/mol. The molecule has 44 heavy (non-hydrogen) atoms. The van der Waals surface area contributed by atoms with Gasteiger partial charge in [0.2, 0.25) is 0 Å². The maximum atomic E-state index is 12.5. The smallest absolute Gasteiger partial charge is 0.870 e. The molecule has 0 saturated heterocycles. The van der Waals surface area contributed by atoms with E-state index in [1.165, 1.54) is 0 Å². The number of rotatable bonds is 8. The minimum atomic E-state index is -1.75. The summed E-state index contributed by atoms with van der Waals surface area (Å²) in [7, 11) is 0. The van der Waals surface area contributed by atoms with Gasteiger partial charge in [0.05, 0.1) is 40.6 Å². The summed E-state index contributed by atoms with van der Waals surface area (Å²) in [5, 5.41) is 69.2. The molecular weight excluding hydrogens is 797 g/mol. The van der Waals surface area contributed by atoms with Crippen molar-refractivity contribution in [2.75, 3.05) is 13.2 Å². The number of para-hydroxylation sites is 2. The Morgan fingerprint density at radius 1 is 0.705 bits per heavy atom. The quantitative estimate of drug-likeness (QED) is 0.160. The van der Waals surface area contributed by atoms with Crippen molar-refractivity contribution in [3.63, 3.8) is 0 Å². The normalized spacial score (nSPS) is 14.9. The van der Waals surface area contributed by atoms with Crippen molar-refractivity contribution in [2.45, 2.75) is 51.6 Å². The third-order valence-corrected chi connectivity index (χ3v) is 5.12. The zero-order valence-electron chi connectivity index (χ0n) is 23.1. The van der Waals surface area contributed by atoms with E-state index in [4.69, 9.17) is 55.4 Å². The predicted molar refractivity (Wildman–Crippen MR) is 146 cm³/mol. The summed E-state index contributed by atoms with van der Waals surface area (Å²) in [5.41, 5.74) is 1.03. The topological polar surface area (TPSA) is 288 Å². The van der Waals surface area contributed by atoms with Crippen LogP contribution in [0, 0.1) is 83.3 Å². The van der Waals surface area contributed by atoms with Gasteiger partial charge in [0.15, 0.2) is 0 Å². The van der Waals surface area contributed by atoms with Crippen molar-refractivity contribution in [2.24, 2.45) is 9.98 Å². The van der Waals surface area contributed by atoms with E-state index in [2.05, 4.69) is 9.98 Å². The molecule has 0 unspecified atom stereocenters. The van der Waals surface area contributed by atoms with E-state index in [1.807, 2.05) is 13.8 Å². The summed E-state index contributed by atoms with van der Waals surface area (Å²) >= 11 is 0. The first-order valence-electron chi connectivity index (χ1n) is 12.2. The Labute approximate surface area is 291 Å². The standard InChI is InChI=1S/C24H30N2O4.Cu.Er.3NO3/c1-3-29-21-13-7-9-17(23(21)27)15-25-19-11-5-6-12-20(19)26-16-18-10-8-14-22(24(18)28)30-4-2;;;3*2-1(3)4/h7-10,13-16,19-20,27-28H,3-6,11-12H2,1-2H3;;;;;/q;+2;+3;3*-1/p-2/t19-,20-;;;;;/m0...../s1. The van der Waals surface area contributed by atoms with Crippen molar-refractivity contribution in [1.29, 1.82) is 0 Å². The summed E-state index contributed by atoms with van der Waals surface area (Å²) in [6, 6.07) is 10.4. The molecule has 250 valence electrons. The Morgan fingerprint density at radius 2 is 1.00 bits per heavy atom. The van der Waals surface area contributed by atoms with Crippen LogP contribution in [0.1, 0.15) is 50.7 Å². The third kappa shape index (κ3) is 20.3. The Balaban J connectivity index is -0.00000103. The molecule has 0 heterocycles. The van der Waals surface area contributed by atoms with Crippen LogP contribution in [0.25, 0.3) is 0 Å². The van der Waals surface area contributed by atoms with Crippen LogP contribution >= 0.6 is 0 Å². The SMILES string of the molecule is CCOc1cccc(C=N[C@H]2CCCC[C@@H]2N=Cc2cccc(OCC)c2[O-])c1[O-].O=[N+]([O-])[O-].O=[N+]([O-])[O-].O=[N+]([O-])[O-].[Cu+2].[Er+3]. The molecule has 0 aromatic heterocycles. The largest absolute Gasteiger partial charge is 3.00 e. The average Bonchev–Trinajstić information content (AvgIpc) is 2.89. The van der Waals surface area contributed by atoms with Gasteiger partial charge in [-0.2, -0.15) is 0 Å². The molecule has 1 aliphatic rings. The second kappa shape index (κ2) is 25.8. The van der Waals surface area contributed by atoms with E-state index >= 15 is 0 Å². The van der Waals surface area contributed by atoms with Gasteiger partial charge in [0.1, 0.15) is 11.5 Å². The van der Waals surface area contributed by atoms with E-state index in [0.717, 1.165) is 25.7 Å². The molecule has 3 rings (SSSR count). The molecule has 2 aromatic rings. The van der Waals surface area contributed by atoms with Gasteiger partial charge >= 0.3 is 54.4 Å². The number of ether oxygens (including phenoxy) is 2. The third-order valence-electron chi connectivity index (χ3n) is 5.12. The fourth-order valence-electron chi connectivity index (χ4n) is 3.60. The first-order chi connectivity index (χ1) is 19.8. The van der Waals surface area contributed by atoms with Gasteiger partial charge in [-0.15, -0.1) is 0 Å². The Morgan fingerprint density at radius 3 is 1.27 bits per heavy atom. The van der Waals surface area contributed by atoms with Gasteiger partial charge < -0.3 is 65.7 Å². The van der Waals surface area contributed by atoms with Crippen LogP contribution in [-0.2, 0) is 17.1 Å². The molecule has 0 N–H and O–H groups in total. The maximum absolute atomic E-state index is 12.5. The number of hydrogen-bond donors (Lipinski definition) is 0. The Hall–Kier alpha value is -3.65. The first kappa shape index (κ1) is 44.8. The summed E-state index contributed by atoms with van der Waals surface area (Å²) in [5.74, 6) is 0.388. The minimum absolute atomic E-state index is 0. The first-order valence-corrected chi connectivity index (χ1v) is 12.2. The molecule has 0 spiro atoms. The summed E-state index contributed by atoms with van der Waals surface area (Å²) < 4.78 is 10.8. The van der Waals surface area contributed by atoms with Gasteiger partial charge in [-0.25, -0.2) is 0 Å². The molecule has 2 radical (unpaired) electrons. The van der Waals surface area contributed by atoms with Gasteiger partial charge in [0.25, 0.3) is 0 Å². The van der Waals surface area contributed by atoms with Crippen molar-refractivity contribution in [3.05, 3.63) is 93.5 Å². The van der Waals surface area contributed by atoms with E-state index < -0.39 is 15.3 Å². The van der Waals surface area contributed by atoms with E-state index in [1.54, 1.807) is 48.8 Å². The van der Waals surface area contributed by atoms with Crippen LogP contribution in [0.2, 0.25) is 0 Å². The second-order valence-corrected chi connectivity index (χ2v) is 7.86. The number of aliphatic imine (C=N–C) groups is 2. The Bertz CT molecular complexity index is 1090. The minimum Gasteiger partial charge on any atom is -0.870 e. The van der Waals surface area contributed by atoms with Crippen LogP contribution in [0.3, 0.4) is 0 Å². The fraction of sp³-hybridized carbons (Fsp3) is 0.417. The van der Waals surface area contributed by atoms with Crippen LogP contribution in [-0.4, -0.2) is 53.0 Å². The van der Waals surface area contributed by atoms with Crippen molar-refractivity contribution < 1.29 is 89.3 Å². The molecule has 1 fully saturated rings. The number of benzene rings is 2. The Kier molecular flexibility index (Phi) is 26.3. The molecule has 0 bridgehead atoms. The summed E-state index contributed by atoms with van der Waals surface area (Å²) in [6.45, 7) is 4.59. The van der Waals surface area contributed by atoms with Crippen LogP contribution < -0.4 is 19.7 Å². The van der Waals surface area contributed by atoms with Gasteiger partial charge in [0, 0.05) is 12.4 Å². The second-order valence-electron chi connectivity index (χ2n) is 7.86. The van der Waals surface area contributed by atoms with Crippen LogP contribution in [0.5, 0.6) is 23.0 Å². The molecule has 0 aliphatic heterocycles. The molecule has 18 nitrogen and oxygen atoms in total. The van der Waals surface area contributed by atoms with Crippen molar-refractivity contribution in [1.82, 2.24) is 0 Å². The number of nitrogens with zero attached hydrogens (tertiary/aromatic N) is 5. The van der Waals surface area contributed by atoms with Gasteiger partial charge in [-0.1, -0.05) is 48.6 Å².